The molecule has 0 aromatic carbocycles. The fraction of sp³-hybridized carbons (Fsp3) is 0.933. The summed E-state index contributed by atoms with van der Waals surface area (Å²) >= 11 is 0. The Morgan fingerprint density at radius 2 is 2.05 bits per heavy atom. The zero-order valence-corrected chi connectivity index (χ0v) is 12.0. The van der Waals surface area contributed by atoms with E-state index in [4.69, 9.17) is 4.74 Å². The molecule has 2 rings (SSSR count). The maximum atomic E-state index is 11.5. The van der Waals surface area contributed by atoms with Crippen LogP contribution in [-0.4, -0.2) is 35.9 Å². The minimum absolute atomic E-state index is 0.423. The predicted molar refractivity (Wildman–Crippen MR) is 74.2 cm³/mol. The molecule has 0 radical (unpaired) electrons. The zero-order valence-electron chi connectivity index (χ0n) is 12.0. The Morgan fingerprint density at radius 3 is 2.58 bits per heavy atom. The van der Waals surface area contributed by atoms with Crippen LogP contribution in [0.2, 0.25) is 0 Å². The van der Waals surface area contributed by atoms with E-state index < -0.39 is 11.5 Å². The highest BCUT2D eigenvalue weighted by Gasteiger charge is 2.40. The molecule has 2 aliphatic carbocycles. The summed E-state index contributed by atoms with van der Waals surface area (Å²) in [4.78, 5) is 11.5. The summed E-state index contributed by atoms with van der Waals surface area (Å²) in [5, 5.41) is 12.8. The van der Waals surface area contributed by atoms with Gasteiger partial charge in [-0.05, 0) is 44.4 Å². The Hall–Kier alpha value is -0.610. The molecule has 0 aromatic heterocycles. The van der Waals surface area contributed by atoms with Gasteiger partial charge in [0.1, 0.15) is 5.54 Å². The van der Waals surface area contributed by atoms with Crippen molar-refractivity contribution in [2.75, 3.05) is 13.2 Å². The normalized spacial score (nSPS) is 22.2. The van der Waals surface area contributed by atoms with Crippen LogP contribution >= 0.6 is 0 Å². The first-order valence-corrected chi connectivity index (χ1v) is 7.75. The molecule has 19 heavy (non-hydrogen) atoms. The SMILES string of the molecule is CCC(CCCOCCC1CC1)(NC1CC1)C(=O)O. The number of nitrogens with one attached hydrogen (secondary N) is 1. The van der Waals surface area contributed by atoms with Crippen molar-refractivity contribution in [1.29, 1.82) is 0 Å². The lowest BCUT2D eigenvalue weighted by Crippen LogP contribution is -2.52. The quantitative estimate of drug-likeness (QED) is 0.566. The van der Waals surface area contributed by atoms with E-state index in [-0.39, 0.29) is 0 Å². The van der Waals surface area contributed by atoms with Crippen molar-refractivity contribution >= 4 is 5.97 Å². The van der Waals surface area contributed by atoms with Gasteiger partial charge >= 0.3 is 5.97 Å². The topological polar surface area (TPSA) is 58.6 Å². The minimum Gasteiger partial charge on any atom is -0.480 e. The molecule has 0 saturated heterocycles. The van der Waals surface area contributed by atoms with Crippen LogP contribution < -0.4 is 5.32 Å². The van der Waals surface area contributed by atoms with Gasteiger partial charge in [-0.25, -0.2) is 0 Å². The third-order valence-corrected chi connectivity index (χ3v) is 4.33. The molecule has 4 heteroatoms. The standard InChI is InChI=1S/C15H27NO3/c1-2-15(14(17)18,16-13-6-7-13)9-3-10-19-11-8-12-4-5-12/h12-13,16H,2-11H2,1H3,(H,17,18). The Balaban J connectivity index is 1.64. The Bertz CT molecular complexity index is 300. The Morgan fingerprint density at radius 1 is 1.32 bits per heavy atom. The molecular weight excluding hydrogens is 242 g/mol. The van der Waals surface area contributed by atoms with Crippen LogP contribution in [0.3, 0.4) is 0 Å². The maximum absolute atomic E-state index is 11.5. The van der Waals surface area contributed by atoms with Crippen molar-refractivity contribution in [2.45, 2.75) is 69.9 Å². The second-order valence-electron chi connectivity index (χ2n) is 6.11. The molecule has 0 heterocycles. The third-order valence-electron chi connectivity index (χ3n) is 4.33. The highest BCUT2D eigenvalue weighted by Crippen LogP contribution is 2.32. The van der Waals surface area contributed by atoms with E-state index >= 15 is 0 Å². The number of hydrogen-bond donors (Lipinski definition) is 2. The Kier molecular flexibility index (Phi) is 5.22. The van der Waals surface area contributed by atoms with Crippen LogP contribution in [0.4, 0.5) is 0 Å². The molecule has 2 saturated carbocycles. The molecule has 110 valence electrons. The van der Waals surface area contributed by atoms with Crippen molar-refractivity contribution < 1.29 is 14.6 Å². The highest BCUT2D eigenvalue weighted by molar-refractivity contribution is 5.78. The second-order valence-corrected chi connectivity index (χ2v) is 6.11. The fourth-order valence-electron chi connectivity index (χ4n) is 2.52. The first-order chi connectivity index (χ1) is 9.16. The molecule has 2 N–H and O–H groups in total. The number of carbonyl (C=O) groups is 1. The summed E-state index contributed by atoms with van der Waals surface area (Å²) in [5.41, 5.74) is -0.735. The predicted octanol–water partition coefficient (Wildman–Crippen LogP) is 2.57. The number of carboxylic acid groups (broad SMARTS) is 1. The lowest BCUT2D eigenvalue weighted by atomic mass is 9.90. The number of carboxylic acids is 1. The van der Waals surface area contributed by atoms with Crippen molar-refractivity contribution in [2.24, 2.45) is 5.92 Å². The third kappa shape index (κ3) is 4.77. The van der Waals surface area contributed by atoms with Gasteiger partial charge in [0.2, 0.25) is 0 Å². The summed E-state index contributed by atoms with van der Waals surface area (Å²) in [6, 6.07) is 0.423. The molecule has 4 nitrogen and oxygen atoms in total. The van der Waals surface area contributed by atoms with Gasteiger partial charge in [0.05, 0.1) is 0 Å². The van der Waals surface area contributed by atoms with Gasteiger partial charge in [0, 0.05) is 19.3 Å². The monoisotopic (exact) mass is 269 g/mol. The maximum Gasteiger partial charge on any atom is 0.323 e. The largest absolute Gasteiger partial charge is 0.480 e. The molecule has 0 bridgehead atoms. The molecule has 0 amide bonds. The molecule has 1 unspecified atom stereocenters. The van der Waals surface area contributed by atoms with E-state index in [1.807, 2.05) is 6.92 Å². The van der Waals surface area contributed by atoms with Crippen LogP contribution in [0.15, 0.2) is 0 Å². The molecule has 0 aromatic rings. The minimum atomic E-state index is -0.735. The summed E-state index contributed by atoms with van der Waals surface area (Å²) in [7, 11) is 0. The molecule has 0 aliphatic heterocycles. The average Bonchev–Trinajstić information content (AvgIpc) is 3.25. The van der Waals surface area contributed by atoms with E-state index in [1.54, 1.807) is 0 Å². The van der Waals surface area contributed by atoms with E-state index in [0.717, 1.165) is 31.8 Å². The number of aliphatic carboxylic acids is 1. The van der Waals surface area contributed by atoms with Gasteiger partial charge in [0.15, 0.2) is 0 Å². The van der Waals surface area contributed by atoms with Gasteiger partial charge in [-0.15, -0.1) is 0 Å². The average molecular weight is 269 g/mol. The molecule has 1 atom stereocenters. The van der Waals surface area contributed by atoms with E-state index in [0.29, 0.717) is 25.5 Å². The number of rotatable bonds is 11. The van der Waals surface area contributed by atoms with E-state index in [1.165, 1.54) is 19.3 Å². The van der Waals surface area contributed by atoms with Crippen LogP contribution in [0, 0.1) is 5.92 Å². The first kappa shape index (κ1) is 14.8. The summed E-state index contributed by atoms with van der Waals surface area (Å²) in [5.74, 6) is 0.199. The lowest BCUT2D eigenvalue weighted by Gasteiger charge is -2.29. The molecule has 0 spiro atoms. The number of ether oxygens (including phenoxy) is 1. The van der Waals surface area contributed by atoms with E-state index in [2.05, 4.69) is 5.32 Å². The van der Waals surface area contributed by atoms with Crippen molar-refractivity contribution in [3.8, 4) is 0 Å². The van der Waals surface area contributed by atoms with Crippen molar-refractivity contribution in [3.05, 3.63) is 0 Å². The van der Waals surface area contributed by atoms with Gasteiger partial charge < -0.3 is 9.84 Å². The Labute approximate surface area is 115 Å². The second kappa shape index (κ2) is 6.71. The fourth-order valence-corrected chi connectivity index (χ4v) is 2.52. The lowest BCUT2D eigenvalue weighted by molar-refractivity contribution is -0.145. The van der Waals surface area contributed by atoms with Crippen molar-refractivity contribution in [1.82, 2.24) is 5.32 Å². The summed E-state index contributed by atoms with van der Waals surface area (Å²) < 4.78 is 5.60. The summed E-state index contributed by atoms with van der Waals surface area (Å²) in [6.45, 7) is 3.48. The molecule has 2 aliphatic rings. The van der Waals surface area contributed by atoms with E-state index in [9.17, 15) is 9.90 Å². The number of hydrogen-bond acceptors (Lipinski definition) is 3. The van der Waals surface area contributed by atoms with Gasteiger partial charge in [-0.1, -0.05) is 19.8 Å². The molecular formula is C15H27NO3. The first-order valence-electron chi connectivity index (χ1n) is 7.75. The van der Waals surface area contributed by atoms with Crippen LogP contribution in [-0.2, 0) is 9.53 Å². The van der Waals surface area contributed by atoms with Gasteiger partial charge in [-0.3, -0.25) is 10.1 Å². The molecule has 2 fully saturated rings. The highest BCUT2D eigenvalue weighted by atomic mass is 16.5. The van der Waals surface area contributed by atoms with Gasteiger partial charge in [0.25, 0.3) is 0 Å². The smallest absolute Gasteiger partial charge is 0.323 e. The van der Waals surface area contributed by atoms with Crippen LogP contribution in [0.25, 0.3) is 0 Å². The zero-order chi connectivity index (χ0) is 13.7. The van der Waals surface area contributed by atoms with Gasteiger partial charge in [-0.2, -0.15) is 0 Å². The van der Waals surface area contributed by atoms with Crippen molar-refractivity contribution in [3.63, 3.8) is 0 Å². The van der Waals surface area contributed by atoms with Crippen LogP contribution in [0.1, 0.15) is 58.3 Å². The van der Waals surface area contributed by atoms with Crippen LogP contribution in [0.5, 0.6) is 0 Å². The summed E-state index contributed by atoms with van der Waals surface area (Å²) in [6.07, 6.45) is 8.28.